The van der Waals surface area contributed by atoms with Crippen LogP contribution in [0, 0.1) is 0 Å². The second kappa shape index (κ2) is 8.84. The van der Waals surface area contributed by atoms with Crippen LogP contribution in [0.4, 0.5) is 0 Å². The highest BCUT2D eigenvalue weighted by atomic mass is 32.2. The Kier molecular flexibility index (Phi) is 6.44. The van der Waals surface area contributed by atoms with Crippen LogP contribution >= 0.6 is 11.8 Å². The molecule has 6 heteroatoms. The summed E-state index contributed by atoms with van der Waals surface area (Å²) in [6.07, 6.45) is 4.94. The van der Waals surface area contributed by atoms with Crippen molar-refractivity contribution in [2.75, 3.05) is 12.9 Å². The molecule has 2 rings (SSSR count). The number of carbonyl (C=O) groups excluding carboxylic acids is 1. The van der Waals surface area contributed by atoms with Gasteiger partial charge in [-0.05, 0) is 35.4 Å². The molecule has 0 saturated heterocycles. The van der Waals surface area contributed by atoms with Crippen LogP contribution < -0.4 is 10.2 Å². The molecule has 0 aliphatic carbocycles. The first kappa shape index (κ1) is 16.0. The van der Waals surface area contributed by atoms with E-state index in [9.17, 15) is 4.79 Å². The predicted octanol–water partition coefficient (Wildman–Crippen LogP) is 2.47. The average molecular weight is 315 g/mol. The molecule has 0 aliphatic rings. The van der Waals surface area contributed by atoms with Crippen molar-refractivity contribution in [1.29, 1.82) is 0 Å². The quantitative estimate of drug-likeness (QED) is 0.630. The van der Waals surface area contributed by atoms with E-state index in [-0.39, 0.29) is 5.91 Å². The molecule has 0 radical (unpaired) electrons. The summed E-state index contributed by atoms with van der Waals surface area (Å²) >= 11 is 1.54. The van der Waals surface area contributed by atoms with E-state index in [4.69, 9.17) is 4.74 Å². The van der Waals surface area contributed by atoms with Crippen LogP contribution in [0.25, 0.3) is 0 Å². The van der Waals surface area contributed by atoms with E-state index in [2.05, 4.69) is 15.5 Å². The Bertz CT molecular complexity index is 615. The van der Waals surface area contributed by atoms with Gasteiger partial charge in [0.05, 0.1) is 19.1 Å². The molecule has 1 N–H and O–H groups in total. The van der Waals surface area contributed by atoms with Crippen molar-refractivity contribution in [3.05, 3.63) is 59.9 Å². The summed E-state index contributed by atoms with van der Waals surface area (Å²) < 4.78 is 5.10. The monoisotopic (exact) mass is 315 g/mol. The van der Waals surface area contributed by atoms with Gasteiger partial charge in [0, 0.05) is 18.1 Å². The number of benzene rings is 1. The van der Waals surface area contributed by atoms with Crippen LogP contribution in [0.5, 0.6) is 5.75 Å². The number of thioether (sulfide) groups is 1. The van der Waals surface area contributed by atoms with Gasteiger partial charge in [-0.3, -0.25) is 9.78 Å². The summed E-state index contributed by atoms with van der Waals surface area (Å²) in [5, 5.41) is 3.91. The van der Waals surface area contributed by atoms with Crippen molar-refractivity contribution in [2.24, 2.45) is 5.10 Å². The van der Waals surface area contributed by atoms with Gasteiger partial charge >= 0.3 is 0 Å². The standard InChI is InChI=1S/C16H17N3O2S/c1-21-15-4-2-14(3-5-15)11-22-12-16(20)19-18-10-13-6-8-17-9-7-13/h2-10H,11-12H2,1H3,(H,19,20)/b18-10-. The van der Waals surface area contributed by atoms with Gasteiger partial charge in [0.2, 0.25) is 5.91 Å². The van der Waals surface area contributed by atoms with Gasteiger partial charge in [-0.1, -0.05) is 12.1 Å². The number of rotatable bonds is 7. The first-order valence-corrected chi connectivity index (χ1v) is 7.86. The summed E-state index contributed by atoms with van der Waals surface area (Å²) in [6.45, 7) is 0. The number of nitrogens with zero attached hydrogens (tertiary/aromatic N) is 2. The highest BCUT2D eigenvalue weighted by Gasteiger charge is 2.01. The Morgan fingerprint density at radius 3 is 2.68 bits per heavy atom. The fourth-order valence-electron chi connectivity index (χ4n) is 1.64. The average Bonchev–Trinajstić information content (AvgIpc) is 2.56. The number of pyridine rings is 1. The topological polar surface area (TPSA) is 63.6 Å². The van der Waals surface area contributed by atoms with E-state index in [1.165, 1.54) is 11.8 Å². The highest BCUT2D eigenvalue weighted by molar-refractivity contribution is 7.99. The van der Waals surface area contributed by atoms with E-state index in [0.717, 1.165) is 22.6 Å². The van der Waals surface area contributed by atoms with Crippen LogP contribution in [0.2, 0.25) is 0 Å². The van der Waals surface area contributed by atoms with Gasteiger partial charge in [0.1, 0.15) is 5.75 Å². The lowest BCUT2D eigenvalue weighted by Gasteiger charge is -2.03. The summed E-state index contributed by atoms with van der Waals surface area (Å²) in [4.78, 5) is 15.6. The summed E-state index contributed by atoms with van der Waals surface area (Å²) in [6, 6.07) is 11.4. The van der Waals surface area contributed by atoms with Crippen LogP contribution in [0.1, 0.15) is 11.1 Å². The Balaban J connectivity index is 1.68. The number of hydrogen-bond acceptors (Lipinski definition) is 5. The van der Waals surface area contributed by atoms with Crippen LogP contribution in [-0.2, 0) is 10.5 Å². The van der Waals surface area contributed by atoms with Gasteiger partial charge < -0.3 is 4.74 Å². The molecular formula is C16H17N3O2S. The minimum absolute atomic E-state index is 0.121. The number of carbonyl (C=O) groups is 1. The van der Waals surface area contributed by atoms with Gasteiger partial charge in [-0.15, -0.1) is 11.8 Å². The molecule has 1 aromatic heterocycles. The number of aromatic nitrogens is 1. The first-order valence-electron chi connectivity index (χ1n) is 6.70. The summed E-state index contributed by atoms with van der Waals surface area (Å²) in [5.74, 6) is 1.84. The lowest BCUT2D eigenvalue weighted by molar-refractivity contribution is -0.118. The molecule has 0 atom stereocenters. The van der Waals surface area contributed by atoms with E-state index in [0.29, 0.717) is 5.75 Å². The van der Waals surface area contributed by atoms with Crippen LogP contribution in [-0.4, -0.2) is 30.0 Å². The molecule has 1 heterocycles. The largest absolute Gasteiger partial charge is 0.497 e. The normalized spacial score (nSPS) is 10.6. The number of ether oxygens (including phenoxy) is 1. The van der Waals surface area contributed by atoms with Crippen molar-refractivity contribution in [3.63, 3.8) is 0 Å². The number of amides is 1. The second-order valence-corrected chi connectivity index (χ2v) is 5.40. The zero-order valence-corrected chi connectivity index (χ0v) is 13.0. The third-order valence-electron chi connectivity index (χ3n) is 2.77. The molecule has 22 heavy (non-hydrogen) atoms. The maximum Gasteiger partial charge on any atom is 0.250 e. The van der Waals surface area contributed by atoms with Crippen LogP contribution in [0.3, 0.4) is 0 Å². The number of methoxy groups -OCH3 is 1. The Labute approximate surface area is 133 Å². The SMILES string of the molecule is COc1ccc(CSCC(=O)N/N=C\c2ccncc2)cc1. The molecule has 5 nitrogen and oxygen atoms in total. The molecule has 0 saturated carbocycles. The lowest BCUT2D eigenvalue weighted by atomic mass is 10.2. The van der Waals surface area contributed by atoms with Crippen LogP contribution in [0.15, 0.2) is 53.9 Å². The van der Waals surface area contributed by atoms with Gasteiger partial charge in [-0.25, -0.2) is 5.43 Å². The smallest absolute Gasteiger partial charge is 0.250 e. The summed E-state index contributed by atoms with van der Waals surface area (Å²) in [5.41, 5.74) is 4.55. The Morgan fingerprint density at radius 1 is 1.27 bits per heavy atom. The van der Waals surface area contributed by atoms with Gasteiger partial charge in [0.25, 0.3) is 0 Å². The fraction of sp³-hybridized carbons (Fsp3) is 0.188. The minimum atomic E-state index is -0.121. The van der Waals surface area contributed by atoms with E-state index < -0.39 is 0 Å². The molecule has 0 spiro atoms. The van der Waals surface area contributed by atoms with Gasteiger partial charge in [0.15, 0.2) is 0 Å². The van der Waals surface area contributed by atoms with E-state index in [1.54, 1.807) is 25.7 Å². The van der Waals surface area contributed by atoms with Gasteiger partial charge in [-0.2, -0.15) is 5.10 Å². The number of nitrogens with one attached hydrogen (secondary N) is 1. The van der Waals surface area contributed by atoms with E-state index >= 15 is 0 Å². The third kappa shape index (κ3) is 5.57. The minimum Gasteiger partial charge on any atom is -0.497 e. The second-order valence-electron chi connectivity index (χ2n) is 4.41. The van der Waals surface area contributed by atoms with Crippen molar-refractivity contribution in [2.45, 2.75) is 5.75 Å². The molecule has 0 bridgehead atoms. The highest BCUT2D eigenvalue weighted by Crippen LogP contribution is 2.16. The molecular weight excluding hydrogens is 298 g/mol. The fourth-order valence-corrected chi connectivity index (χ4v) is 2.42. The molecule has 0 unspecified atom stereocenters. The third-order valence-corrected chi connectivity index (χ3v) is 3.77. The molecule has 114 valence electrons. The van der Waals surface area contributed by atoms with Crippen molar-refractivity contribution < 1.29 is 9.53 Å². The zero-order chi connectivity index (χ0) is 15.6. The maximum atomic E-state index is 11.6. The number of hydrogen-bond donors (Lipinski definition) is 1. The van der Waals surface area contributed by atoms with E-state index in [1.807, 2.05) is 36.4 Å². The Hall–Kier alpha value is -2.34. The molecule has 2 aromatic rings. The lowest BCUT2D eigenvalue weighted by Crippen LogP contribution is -2.19. The molecule has 1 aromatic carbocycles. The summed E-state index contributed by atoms with van der Waals surface area (Å²) in [7, 11) is 1.64. The molecule has 0 fully saturated rings. The van der Waals surface area contributed by atoms with Crippen molar-refractivity contribution >= 4 is 23.9 Å². The zero-order valence-electron chi connectivity index (χ0n) is 12.2. The molecule has 1 amide bonds. The predicted molar refractivity (Wildman–Crippen MR) is 89.1 cm³/mol. The number of hydrazone groups is 1. The molecule has 0 aliphatic heterocycles. The van der Waals surface area contributed by atoms with Crippen molar-refractivity contribution in [1.82, 2.24) is 10.4 Å². The Morgan fingerprint density at radius 2 is 2.00 bits per heavy atom. The maximum absolute atomic E-state index is 11.6. The first-order chi connectivity index (χ1) is 10.8. The van der Waals surface area contributed by atoms with Crippen molar-refractivity contribution in [3.8, 4) is 5.75 Å².